The van der Waals surface area contributed by atoms with Crippen LogP contribution in [-0.4, -0.2) is 5.91 Å². The Balaban J connectivity index is 1.70. The molecule has 0 bridgehead atoms. The van der Waals surface area contributed by atoms with E-state index >= 15 is 0 Å². The van der Waals surface area contributed by atoms with E-state index in [-0.39, 0.29) is 11.7 Å². The Morgan fingerprint density at radius 2 is 1.89 bits per heavy atom. The van der Waals surface area contributed by atoms with E-state index in [0.29, 0.717) is 18.5 Å². The summed E-state index contributed by atoms with van der Waals surface area (Å²) in [5.74, 6) is 5.62. The van der Waals surface area contributed by atoms with Crippen molar-refractivity contribution in [3.8, 4) is 11.8 Å². The molecule has 1 aliphatic carbocycles. The van der Waals surface area contributed by atoms with Crippen LogP contribution in [-0.2, 0) is 11.3 Å². The van der Waals surface area contributed by atoms with E-state index in [1.165, 1.54) is 12.1 Å². The molecule has 0 unspecified atom stereocenters. The maximum atomic E-state index is 13.2. The lowest BCUT2D eigenvalue weighted by molar-refractivity contribution is -0.117. The van der Waals surface area contributed by atoms with Crippen molar-refractivity contribution in [2.75, 3.05) is 0 Å². The SMILES string of the molecule is O=C(NCc1ccccc1)C1=CC=C(C#Cc2cccc(F)c2)C=CCC1. The van der Waals surface area contributed by atoms with Gasteiger partial charge in [-0.25, -0.2) is 4.39 Å². The minimum Gasteiger partial charge on any atom is -0.348 e. The molecule has 1 amide bonds. The Hall–Kier alpha value is -3.38. The lowest BCUT2D eigenvalue weighted by Crippen LogP contribution is -2.24. The fourth-order valence-electron chi connectivity index (χ4n) is 2.65. The Bertz CT molecular complexity index is 959. The number of halogens is 1. The van der Waals surface area contributed by atoms with Crippen molar-refractivity contribution < 1.29 is 9.18 Å². The maximum Gasteiger partial charge on any atom is 0.247 e. The van der Waals surface area contributed by atoms with Crippen molar-refractivity contribution in [3.05, 3.63) is 107 Å². The number of benzene rings is 2. The maximum absolute atomic E-state index is 13.2. The summed E-state index contributed by atoms with van der Waals surface area (Å²) < 4.78 is 13.2. The van der Waals surface area contributed by atoms with Gasteiger partial charge in [-0.3, -0.25) is 4.79 Å². The van der Waals surface area contributed by atoms with Crippen molar-refractivity contribution in [1.82, 2.24) is 5.32 Å². The van der Waals surface area contributed by atoms with Crippen LogP contribution in [0.25, 0.3) is 0 Å². The summed E-state index contributed by atoms with van der Waals surface area (Å²) >= 11 is 0. The van der Waals surface area contributed by atoms with Crippen LogP contribution >= 0.6 is 0 Å². The van der Waals surface area contributed by atoms with Gasteiger partial charge in [0.15, 0.2) is 0 Å². The number of hydrogen-bond donors (Lipinski definition) is 1. The summed E-state index contributed by atoms with van der Waals surface area (Å²) in [6.45, 7) is 0.503. The minimum absolute atomic E-state index is 0.0668. The van der Waals surface area contributed by atoms with E-state index in [2.05, 4.69) is 17.2 Å². The first-order chi connectivity index (χ1) is 13.2. The van der Waals surface area contributed by atoms with Gasteiger partial charge in [0.2, 0.25) is 5.91 Å². The largest absolute Gasteiger partial charge is 0.348 e. The van der Waals surface area contributed by atoms with Crippen LogP contribution in [0.15, 0.2) is 90.0 Å². The highest BCUT2D eigenvalue weighted by Crippen LogP contribution is 2.13. The van der Waals surface area contributed by atoms with E-state index in [4.69, 9.17) is 0 Å². The number of carbonyl (C=O) groups is 1. The fraction of sp³-hybridized carbons (Fsp3) is 0.125. The molecule has 2 aromatic carbocycles. The summed E-state index contributed by atoms with van der Waals surface area (Å²) in [6.07, 6.45) is 9.03. The normalized spacial score (nSPS) is 13.4. The standard InChI is InChI=1S/C24H20FNO/c25-23-12-6-10-20(17-23)14-13-19-7-4-5-11-22(16-15-19)24(27)26-18-21-8-2-1-3-9-21/h1-4,6-10,12,15-17H,5,11,18H2,(H,26,27). The first-order valence-corrected chi connectivity index (χ1v) is 8.88. The molecule has 2 aromatic rings. The molecule has 2 nitrogen and oxygen atoms in total. The average molecular weight is 357 g/mol. The molecule has 0 spiro atoms. The van der Waals surface area contributed by atoms with E-state index in [9.17, 15) is 9.18 Å². The lowest BCUT2D eigenvalue weighted by Gasteiger charge is -2.09. The number of hydrogen-bond acceptors (Lipinski definition) is 1. The molecule has 3 rings (SSSR count). The Morgan fingerprint density at radius 1 is 1.04 bits per heavy atom. The molecule has 0 fully saturated rings. The topological polar surface area (TPSA) is 29.1 Å². The van der Waals surface area contributed by atoms with Gasteiger partial charge < -0.3 is 5.32 Å². The van der Waals surface area contributed by atoms with Crippen molar-refractivity contribution in [1.29, 1.82) is 0 Å². The summed E-state index contributed by atoms with van der Waals surface area (Å²) in [6, 6.07) is 16.0. The zero-order valence-corrected chi connectivity index (χ0v) is 14.9. The van der Waals surface area contributed by atoms with Crippen LogP contribution in [0.2, 0.25) is 0 Å². The highest BCUT2D eigenvalue weighted by atomic mass is 19.1. The van der Waals surface area contributed by atoms with Gasteiger partial charge in [0.05, 0.1) is 0 Å². The second kappa shape index (κ2) is 9.35. The molecular formula is C24H20FNO. The number of rotatable bonds is 3. The molecule has 27 heavy (non-hydrogen) atoms. The van der Waals surface area contributed by atoms with Gasteiger partial charge in [0.25, 0.3) is 0 Å². The molecule has 3 heteroatoms. The van der Waals surface area contributed by atoms with Crippen LogP contribution < -0.4 is 5.32 Å². The van der Waals surface area contributed by atoms with Crippen LogP contribution in [0.1, 0.15) is 24.0 Å². The summed E-state index contributed by atoms with van der Waals surface area (Å²) in [7, 11) is 0. The third-order valence-corrected chi connectivity index (χ3v) is 4.11. The molecule has 0 saturated carbocycles. The fourth-order valence-corrected chi connectivity index (χ4v) is 2.65. The Morgan fingerprint density at radius 3 is 2.70 bits per heavy atom. The van der Waals surface area contributed by atoms with E-state index in [1.54, 1.807) is 12.1 Å². The monoisotopic (exact) mass is 357 g/mol. The first kappa shape index (κ1) is 18.4. The number of amides is 1. The van der Waals surface area contributed by atoms with E-state index < -0.39 is 0 Å². The Labute approximate surface area is 159 Å². The third kappa shape index (κ3) is 5.83. The van der Waals surface area contributed by atoms with Crippen LogP contribution in [0.4, 0.5) is 4.39 Å². The summed E-state index contributed by atoms with van der Waals surface area (Å²) in [5.41, 5.74) is 3.19. The zero-order chi connectivity index (χ0) is 18.9. The second-order valence-electron chi connectivity index (χ2n) is 6.18. The highest BCUT2D eigenvalue weighted by Gasteiger charge is 2.09. The summed E-state index contributed by atoms with van der Waals surface area (Å²) in [5, 5.41) is 2.96. The quantitative estimate of drug-likeness (QED) is 0.793. The molecule has 1 aliphatic rings. The molecular weight excluding hydrogens is 337 g/mol. The van der Waals surface area contributed by atoms with Crippen LogP contribution in [0.5, 0.6) is 0 Å². The second-order valence-corrected chi connectivity index (χ2v) is 6.18. The molecule has 134 valence electrons. The smallest absolute Gasteiger partial charge is 0.247 e. The average Bonchev–Trinajstić information content (AvgIpc) is 2.66. The molecule has 0 saturated heterocycles. The Kier molecular flexibility index (Phi) is 6.38. The predicted octanol–water partition coefficient (Wildman–Crippen LogP) is 4.70. The third-order valence-electron chi connectivity index (χ3n) is 4.11. The molecule has 0 aliphatic heterocycles. The molecule has 0 atom stereocenters. The van der Waals surface area contributed by atoms with Gasteiger partial charge in [-0.05, 0) is 42.7 Å². The van der Waals surface area contributed by atoms with E-state index in [1.807, 2.05) is 54.6 Å². The predicted molar refractivity (Wildman–Crippen MR) is 106 cm³/mol. The first-order valence-electron chi connectivity index (χ1n) is 8.88. The van der Waals surface area contributed by atoms with Gasteiger partial charge in [-0.15, -0.1) is 0 Å². The van der Waals surface area contributed by atoms with Gasteiger partial charge in [0, 0.05) is 23.3 Å². The highest BCUT2D eigenvalue weighted by molar-refractivity contribution is 5.93. The number of nitrogens with one attached hydrogen (secondary N) is 1. The van der Waals surface area contributed by atoms with Gasteiger partial charge in [0.1, 0.15) is 5.82 Å². The van der Waals surface area contributed by atoms with E-state index in [0.717, 1.165) is 23.1 Å². The molecule has 0 aromatic heterocycles. The van der Waals surface area contributed by atoms with Crippen LogP contribution in [0.3, 0.4) is 0 Å². The van der Waals surface area contributed by atoms with Crippen molar-refractivity contribution in [2.24, 2.45) is 0 Å². The van der Waals surface area contributed by atoms with Crippen molar-refractivity contribution in [2.45, 2.75) is 19.4 Å². The lowest BCUT2D eigenvalue weighted by atomic mass is 10.0. The van der Waals surface area contributed by atoms with Gasteiger partial charge in [-0.1, -0.05) is 66.5 Å². The van der Waals surface area contributed by atoms with Gasteiger partial charge >= 0.3 is 0 Å². The van der Waals surface area contributed by atoms with Crippen molar-refractivity contribution >= 4 is 5.91 Å². The van der Waals surface area contributed by atoms with Crippen molar-refractivity contribution in [3.63, 3.8) is 0 Å². The summed E-state index contributed by atoms with van der Waals surface area (Å²) in [4.78, 5) is 12.4. The molecule has 0 radical (unpaired) electrons. The molecule has 0 heterocycles. The number of carbonyl (C=O) groups excluding carboxylic acids is 1. The minimum atomic E-state index is -0.304. The number of allylic oxidation sites excluding steroid dienone is 5. The van der Waals surface area contributed by atoms with Gasteiger partial charge in [-0.2, -0.15) is 0 Å². The van der Waals surface area contributed by atoms with Crippen LogP contribution in [0, 0.1) is 17.7 Å². The molecule has 1 N–H and O–H groups in total. The zero-order valence-electron chi connectivity index (χ0n) is 14.9.